The van der Waals surface area contributed by atoms with E-state index in [9.17, 15) is 0 Å². The van der Waals surface area contributed by atoms with Crippen molar-refractivity contribution < 1.29 is 4.74 Å². The van der Waals surface area contributed by atoms with E-state index in [0.717, 1.165) is 18.4 Å². The number of allylic oxidation sites excluding steroid dienone is 2. The van der Waals surface area contributed by atoms with Crippen LogP contribution in [0.2, 0.25) is 0 Å². The summed E-state index contributed by atoms with van der Waals surface area (Å²) in [6.45, 7) is 9.69. The minimum atomic E-state index is 0.240. The van der Waals surface area contributed by atoms with Gasteiger partial charge in [-0.15, -0.1) is 0 Å². The van der Waals surface area contributed by atoms with Gasteiger partial charge in [-0.25, -0.2) is 0 Å². The van der Waals surface area contributed by atoms with E-state index in [1.807, 2.05) is 12.2 Å². The predicted molar refractivity (Wildman–Crippen MR) is 61.3 cm³/mol. The number of ether oxygens (including phenoxy) is 1. The zero-order valence-corrected chi connectivity index (χ0v) is 9.04. The van der Waals surface area contributed by atoms with Crippen molar-refractivity contribution in [3.63, 3.8) is 0 Å². The molecule has 14 heavy (non-hydrogen) atoms. The summed E-state index contributed by atoms with van der Waals surface area (Å²) in [4.78, 5) is 0. The van der Waals surface area contributed by atoms with Gasteiger partial charge in [-0.05, 0) is 31.3 Å². The van der Waals surface area contributed by atoms with Crippen LogP contribution in [0.25, 0.3) is 0 Å². The Morgan fingerprint density at radius 2 is 2.21 bits per heavy atom. The monoisotopic (exact) mass is 192 g/mol. The lowest BCUT2D eigenvalue weighted by Gasteiger charge is -2.30. The molecule has 1 nitrogen and oxygen atoms in total. The molecule has 1 heterocycles. The summed E-state index contributed by atoms with van der Waals surface area (Å²) in [6.07, 6.45) is 11.0. The molecule has 0 unspecified atom stereocenters. The van der Waals surface area contributed by atoms with Gasteiger partial charge in [-0.3, -0.25) is 0 Å². The maximum absolute atomic E-state index is 5.95. The lowest BCUT2D eigenvalue weighted by molar-refractivity contribution is -0.0303. The second-order valence-corrected chi connectivity index (χ2v) is 3.69. The summed E-state index contributed by atoms with van der Waals surface area (Å²) in [6, 6.07) is 0. The van der Waals surface area contributed by atoms with Crippen LogP contribution in [0.1, 0.15) is 32.6 Å². The van der Waals surface area contributed by atoms with Crippen molar-refractivity contribution in [1.29, 1.82) is 0 Å². The Balaban J connectivity index is 2.62. The van der Waals surface area contributed by atoms with Crippen LogP contribution in [0, 0.1) is 0 Å². The molecular weight excluding hydrogens is 172 g/mol. The average Bonchev–Trinajstić information content (AvgIpc) is 2.26. The third-order valence-electron chi connectivity index (χ3n) is 2.72. The molecule has 2 atom stereocenters. The molecule has 1 aliphatic heterocycles. The molecule has 0 aliphatic carbocycles. The Hall–Kier alpha value is -0.820. The summed E-state index contributed by atoms with van der Waals surface area (Å²) in [5, 5.41) is 0. The Bertz CT molecular complexity index is 227. The Kier molecular flexibility index (Phi) is 4.68. The fourth-order valence-corrected chi connectivity index (χ4v) is 1.89. The second kappa shape index (κ2) is 5.82. The van der Waals surface area contributed by atoms with E-state index in [1.165, 1.54) is 12.8 Å². The van der Waals surface area contributed by atoms with Gasteiger partial charge in [0, 0.05) is 0 Å². The van der Waals surface area contributed by atoms with Gasteiger partial charge in [-0.1, -0.05) is 38.3 Å². The van der Waals surface area contributed by atoms with Gasteiger partial charge in [0.05, 0.1) is 12.2 Å². The Labute approximate surface area is 87.2 Å². The molecule has 0 aromatic heterocycles. The van der Waals surface area contributed by atoms with Gasteiger partial charge in [0.25, 0.3) is 0 Å². The molecule has 0 bridgehead atoms. The van der Waals surface area contributed by atoms with Crippen molar-refractivity contribution in [2.24, 2.45) is 0 Å². The fourth-order valence-electron chi connectivity index (χ4n) is 1.89. The molecule has 0 N–H and O–H groups in total. The molecule has 0 aromatic carbocycles. The first kappa shape index (κ1) is 11.3. The molecule has 1 heteroatoms. The van der Waals surface area contributed by atoms with E-state index in [1.54, 1.807) is 6.08 Å². The zero-order chi connectivity index (χ0) is 10.4. The molecule has 1 saturated heterocycles. The first-order valence-electron chi connectivity index (χ1n) is 5.42. The molecule has 0 spiro atoms. The largest absolute Gasteiger partial charge is 0.370 e. The van der Waals surface area contributed by atoms with Gasteiger partial charge in [0.1, 0.15) is 0 Å². The van der Waals surface area contributed by atoms with Gasteiger partial charge in [-0.2, -0.15) is 0 Å². The lowest BCUT2D eigenvalue weighted by atomic mass is 9.97. The van der Waals surface area contributed by atoms with Gasteiger partial charge < -0.3 is 4.74 Å². The minimum absolute atomic E-state index is 0.240. The van der Waals surface area contributed by atoms with Crippen LogP contribution in [0.4, 0.5) is 0 Å². The SMILES string of the molecule is C=C/C=C(\C=C)[C@@H]1CCC[C@H](CC)O1. The third-order valence-corrected chi connectivity index (χ3v) is 2.72. The molecular formula is C13H20O. The van der Waals surface area contributed by atoms with E-state index in [0.29, 0.717) is 6.10 Å². The van der Waals surface area contributed by atoms with Crippen LogP contribution < -0.4 is 0 Å². The Morgan fingerprint density at radius 3 is 2.79 bits per heavy atom. The maximum Gasteiger partial charge on any atom is 0.0828 e. The summed E-state index contributed by atoms with van der Waals surface area (Å²) in [7, 11) is 0. The summed E-state index contributed by atoms with van der Waals surface area (Å²) in [5.41, 5.74) is 1.16. The summed E-state index contributed by atoms with van der Waals surface area (Å²) in [5.74, 6) is 0. The number of hydrogen-bond acceptors (Lipinski definition) is 1. The third kappa shape index (κ3) is 2.85. The van der Waals surface area contributed by atoms with E-state index < -0.39 is 0 Å². The molecule has 1 aliphatic rings. The number of hydrogen-bond donors (Lipinski definition) is 0. The van der Waals surface area contributed by atoms with Gasteiger partial charge in [0.2, 0.25) is 0 Å². The highest BCUT2D eigenvalue weighted by atomic mass is 16.5. The van der Waals surface area contributed by atoms with Gasteiger partial charge in [0.15, 0.2) is 0 Å². The topological polar surface area (TPSA) is 9.23 Å². The summed E-state index contributed by atoms with van der Waals surface area (Å²) < 4.78 is 5.95. The lowest BCUT2D eigenvalue weighted by Crippen LogP contribution is -2.28. The van der Waals surface area contributed by atoms with Crippen LogP contribution in [0.3, 0.4) is 0 Å². The van der Waals surface area contributed by atoms with E-state index in [4.69, 9.17) is 4.74 Å². The molecule has 1 rings (SSSR count). The average molecular weight is 192 g/mol. The van der Waals surface area contributed by atoms with Crippen LogP contribution in [0.15, 0.2) is 37.0 Å². The minimum Gasteiger partial charge on any atom is -0.370 e. The molecule has 0 aromatic rings. The van der Waals surface area contributed by atoms with E-state index in [2.05, 4.69) is 20.1 Å². The zero-order valence-electron chi connectivity index (χ0n) is 9.04. The van der Waals surface area contributed by atoms with E-state index in [-0.39, 0.29) is 6.10 Å². The van der Waals surface area contributed by atoms with E-state index >= 15 is 0 Å². The predicted octanol–water partition coefficient (Wildman–Crippen LogP) is 3.63. The van der Waals surface area contributed by atoms with Crippen LogP contribution in [-0.4, -0.2) is 12.2 Å². The highest BCUT2D eigenvalue weighted by molar-refractivity contribution is 5.25. The van der Waals surface area contributed by atoms with Crippen molar-refractivity contribution >= 4 is 0 Å². The quantitative estimate of drug-likeness (QED) is 0.618. The molecule has 78 valence electrons. The molecule has 0 radical (unpaired) electrons. The van der Waals surface area contributed by atoms with Crippen molar-refractivity contribution in [2.45, 2.75) is 44.8 Å². The summed E-state index contributed by atoms with van der Waals surface area (Å²) >= 11 is 0. The van der Waals surface area contributed by atoms with Crippen LogP contribution >= 0.6 is 0 Å². The smallest absolute Gasteiger partial charge is 0.0828 e. The van der Waals surface area contributed by atoms with Crippen molar-refractivity contribution in [3.05, 3.63) is 37.0 Å². The van der Waals surface area contributed by atoms with Crippen LogP contribution in [-0.2, 0) is 4.74 Å². The van der Waals surface area contributed by atoms with Gasteiger partial charge >= 0.3 is 0 Å². The maximum atomic E-state index is 5.95. The Morgan fingerprint density at radius 1 is 1.43 bits per heavy atom. The van der Waals surface area contributed by atoms with Crippen molar-refractivity contribution in [2.75, 3.05) is 0 Å². The fraction of sp³-hybridized carbons (Fsp3) is 0.538. The molecule has 0 saturated carbocycles. The van der Waals surface area contributed by atoms with Crippen molar-refractivity contribution in [3.8, 4) is 0 Å². The molecule has 0 amide bonds. The second-order valence-electron chi connectivity index (χ2n) is 3.69. The van der Waals surface area contributed by atoms with Crippen molar-refractivity contribution in [1.82, 2.24) is 0 Å². The molecule has 1 fully saturated rings. The number of rotatable bonds is 4. The highest BCUT2D eigenvalue weighted by Crippen LogP contribution is 2.26. The normalized spacial score (nSPS) is 28.5. The first-order valence-corrected chi connectivity index (χ1v) is 5.42. The standard InChI is InChI=1S/C13H20O/c1-4-8-11(5-2)13-10-7-9-12(6-3)14-13/h4-5,8,12-13H,1-2,6-7,9-10H2,3H3/b11-8+/t12-,13-/m0/s1. The van der Waals surface area contributed by atoms with Crippen LogP contribution in [0.5, 0.6) is 0 Å². The first-order chi connectivity index (χ1) is 6.81. The highest BCUT2D eigenvalue weighted by Gasteiger charge is 2.22.